The third-order valence-electron chi connectivity index (χ3n) is 3.32. The van der Waals surface area contributed by atoms with Gasteiger partial charge in [0.05, 0.1) is 12.7 Å². The first-order valence-corrected chi connectivity index (χ1v) is 7.04. The van der Waals surface area contributed by atoms with E-state index in [4.69, 9.17) is 4.74 Å². The van der Waals surface area contributed by atoms with Gasteiger partial charge >= 0.3 is 5.97 Å². The van der Waals surface area contributed by atoms with Crippen molar-refractivity contribution in [2.75, 3.05) is 7.11 Å². The quantitative estimate of drug-likeness (QED) is 0.613. The molecule has 2 aromatic carbocycles. The Balaban J connectivity index is 2.23. The van der Waals surface area contributed by atoms with Gasteiger partial charge in [-0.15, -0.1) is 0 Å². The molecule has 2 aromatic rings. The minimum absolute atomic E-state index is 0.372. The van der Waals surface area contributed by atoms with E-state index in [0.717, 1.165) is 5.56 Å². The fourth-order valence-electron chi connectivity index (χ4n) is 2.07. The average Bonchev–Trinajstić information content (AvgIpc) is 2.54. The monoisotopic (exact) mass is 290 g/mol. The summed E-state index contributed by atoms with van der Waals surface area (Å²) in [6.07, 6.45) is 3.78. The second-order valence-electron chi connectivity index (χ2n) is 5.00. The number of carbonyl (C=O) groups excluding carboxylic acids is 1. The first-order valence-electron chi connectivity index (χ1n) is 7.04. The lowest BCUT2D eigenvalue weighted by atomic mass is 10.1. The van der Waals surface area contributed by atoms with Crippen molar-refractivity contribution in [3.8, 4) is 11.8 Å². The second-order valence-corrected chi connectivity index (χ2v) is 5.00. The fourth-order valence-corrected chi connectivity index (χ4v) is 2.07. The molecular formula is C20H18O2. The predicted molar refractivity (Wildman–Crippen MR) is 89.6 cm³/mol. The number of allylic oxidation sites excluding steroid dienone is 1. The molecule has 110 valence electrons. The van der Waals surface area contributed by atoms with Crippen LogP contribution in [0, 0.1) is 25.7 Å². The Labute approximate surface area is 131 Å². The zero-order valence-corrected chi connectivity index (χ0v) is 13.0. The highest BCUT2D eigenvalue weighted by Gasteiger charge is 2.08. The summed E-state index contributed by atoms with van der Waals surface area (Å²) in [6, 6.07) is 13.5. The summed E-state index contributed by atoms with van der Waals surface area (Å²) >= 11 is 0. The molecular weight excluding hydrogens is 272 g/mol. The van der Waals surface area contributed by atoms with Crippen LogP contribution in [0.2, 0.25) is 0 Å². The zero-order valence-electron chi connectivity index (χ0n) is 13.0. The van der Waals surface area contributed by atoms with E-state index in [1.165, 1.54) is 18.2 Å². The van der Waals surface area contributed by atoms with Crippen LogP contribution in [0.25, 0.3) is 6.08 Å². The third kappa shape index (κ3) is 3.86. The maximum atomic E-state index is 11.7. The van der Waals surface area contributed by atoms with Crippen LogP contribution in [0.5, 0.6) is 0 Å². The highest BCUT2D eigenvalue weighted by atomic mass is 16.5. The van der Waals surface area contributed by atoms with Crippen molar-refractivity contribution in [2.24, 2.45) is 0 Å². The van der Waals surface area contributed by atoms with Crippen molar-refractivity contribution in [2.45, 2.75) is 13.8 Å². The van der Waals surface area contributed by atoms with Gasteiger partial charge in [0.1, 0.15) is 0 Å². The summed E-state index contributed by atoms with van der Waals surface area (Å²) in [4.78, 5) is 11.7. The molecule has 0 N–H and O–H groups in total. The Morgan fingerprint density at radius 1 is 1.14 bits per heavy atom. The van der Waals surface area contributed by atoms with Crippen molar-refractivity contribution in [3.05, 3.63) is 76.4 Å². The van der Waals surface area contributed by atoms with Crippen LogP contribution in [0.1, 0.15) is 32.6 Å². The third-order valence-corrected chi connectivity index (χ3v) is 3.32. The summed E-state index contributed by atoms with van der Waals surface area (Å²) in [5.74, 6) is 5.60. The van der Waals surface area contributed by atoms with Gasteiger partial charge in [-0.25, -0.2) is 4.79 Å². The Morgan fingerprint density at radius 2 is 1.91 bits per heavy atom. The fraction of sp³-hybridized carbons (Fsp3) is 0.150. The first kappa shape index (κ1) is 15.6. The molecule has 0 heterocycles. The normalized spacial score (nSPS) is 10.1. The molecule has 0 amide bonds. The van der Waals surface area contributed by atoms with Gasteiger partial charge in [-0.05, 0) is 49.3 Å². The van der Waals surface area contributed by atoms with Gasteiger partial charge in [0.15, 0.2) is 0 Å². The number of carbonyl (C=O) groups is 1. The molecule has 0 aliphatic heterocycles. The molecule has 2 rings (SSSR count). The van der Waals surface area contributed by atoms with E-state index in [2.05, 4.69) is 43.9 Å². The van der Waals surface area contributed by atoms with Gasteiger partial charge in [0.25, 0.3) is 0 Å². The Bertz CT molecular complexity index is 774. The number of esters is 1. The van der Waals surface area contributed by atoms with Crippen LogP contribution < -0.4 is 0 Å². The molecule has 0 bridgehead atoms. The predicted octanol–water partition coefficient (Wildman–Crippen LogP) is 4.15. The molecule has 22 heavy (non-hydrogen) atoms. The molecule has 0 radical (unpaired) electrons. The van der Waals surface area contributed by atoms with E-state index in [1.54, 1.807) is 18.2 Å². The van der Waals surface area contributed by atoms with Gasteiger partial charge in [-0.2, -0.15) is 0 Å². The van der Waals surface area contributed by atoms with Crippen LogP contribution in [0.4, 0.5) is 0 Å². The smallest absolute Gasteiger partial charge is 0.339 e. The standard InChI is InChI=1S/C20H18O2/c1-15-12-13-16(2)18(14-15)10-5-4-8-17-9-6-7-11-19(17)20(21)22-3/h5-7,9-14H,1-3H3/b10-5+. The molecule has 0 aliphatic rings. The van der Waals surface area contributed by atoms with Crippen molar-refractivity contribution >= 4 is 12.0 Å². The Kier molecular flexibility index (Phi) is 5.16. The van der Waals surface area contributed by atoms with E-state index >= 15 is 0 Å². The molecule has 0 saturated heterocycles. The highest BCUT2D eigenvalue weighted by molar-refractivity contribution is 5.92. The van der Waals surface area contributed by atoms with Crippen LogP contribution >= 0.6 is 0 Å². The Hall–Kier alpha value is -2.79. The van der Waals surface area contributed by atoms with E-state index in [1.807, 2.05) is 18.2 Å². The van der Waals surface area contributed by atoms with Crippen LogP contribution in [0.15, 0.2) is 48.5 Å². The zero-order chi connectivity index (χ0) is 15.9. The number of benzene rings is 2. The Morgan fingerprint density at radius 3 is 2.68 bits per heavy atom. The van der Waals surface area contributed by atoms with Gasteiger partial charge < -0.3 is 4.74 Å². The summed E-state index contributed by atoms with van der Waals surface area (Å²) in [5, 5.41) is 0. The molecule has 2 nitrogen and oxygen atoms in total. The minimum atomic E-state index is -0.372. The first-order chi connectivity index (χ1) is 10.6. The van der Waals surface area contributed by atoms with E-state index in [0.29, 0.717) is 11.1 Å². The topological polar surface area (TPSA) is 26.3 Å². The summed E-state index contributed by atoms with van der Waals surface area (Å²) < 4.78 is 4.76. The van der Waals surface area contributed by atoms with E-state index in [-0.39, 0.29) is 5.97 Å². The lowest BCUT2D eigenvalue weighted by Gasteiger charge is -2.01. The molecule has 0 aromatic heterocycles. The number of hydrogen-bond donors (Lipinski definition) is 0. The van der Waals surface area contributed by atoms with Crippen molar-refractivity contribution < 1.29 is 9.53 Å². The molecule has 0 unspecified atom stereocenters. The molecule has 2 heteroatoms. The van der Waals surface area contributed by atoms with E-state index in [9.17, 15) is 4.79 Å². The second kappa shape index (κ2) is 7.28. The average molecular weight is 290 g/mol. The minimum Gasteiger partial charge on any atom is -0.465 e. The number of methoxy groups -OCH3 is 1. The number of rotatable bonds is 2. The lowest BCUT2D eigenvalue weighted by Crippen LogP contribution is -2.03. The summed E-state index contributed by atoms with van der Waals surface area (Å²) in [5.41, 5.74) is 4.72. The van der Waals surface area contributed by atoms with Crippen LogP contribution in [-0.4, -0.2) is 13.1 Å². The maximum Gasteiger partial charge on any atom is 0.339 e. The number of ether oxygens (including phenoxy) is 1. The van der Waals surface area contributed by atoms with Gasteiger partial charge in [0.2, 0.25) is 0 Å². The number of aryl methyl sites for hydroxylation is 2. The molecule has 0 aliphatic carbocycles. The van der Waals surface area contributed by atoms with Crippen LogP contribution in [-0.2, 0) is 4.74 Å². The maximum absolute atomic E-state index is 11.7. The summed E-state index contributed by atoms with van der Waals surface area (Å²) in [6.45, 7) is 4.13. The summed E-state index contributed by atoms with van der Waals surface area (Å²) in [7, 11) is 1.37. The van der Waals surface area contributed by atoms with Crippen molar-refractivity contribution in [1.29, 1.82) is 0 Å². The van der Waals surface area contributed by atoms with E-state index < -0.39 is 0 Å². The van der Waals surface area contributed by atoms with Crippen LogP contribution in [0.3, 0.4) is 0 Å². The van der Waals surface area contributed by atoms with Crippen molar-refractivity contribution in [3.63, 3.8) is 0 Å². The highest BCUT2D eigenvalue weighted by Crippen LogP contribution is 2.12. The lowest BCUT2D eigenvalue weighted by molar-refractivity contribution is 0.0600. The molecule has 0 fully saturated rings. The largest absolute Gasteiger partial charge is 0.465 e. The van der Waals surface area contributed by atoms with Gasteiger partial charge in [0, 0.05) is 5.56 Å². The SMILES string of the molecule is COC(=O)c1ccccc1C#C/C=C/c1cc(C)ccc1C. The number of hydrogen-bond acceptors (Lipinski definition) is 2. The van der Waals surface area contributed by atoms with Gasteiger partial charge in [-0.3, -0.25) is 0 Å². The molecule has 0 atom stereocenters. The van der Waals surface area contributed by atoms with Crippen molar-refractivity contribution in [1.82, 2.24) is 0 Å². The molecule has 0 saturated carbocycles. The molecule has 0 spiro atoms. The van der Waals surface area contributed by atoms with Gasteiger partial charge in [-0.1, -0.05) is 47.7 Å².